The molecule has 1 aromatic heterocycles. The highest BCUT2D eigenvalue weighted by Gasteiger charge is 2.20. The van der Waals surface area contributed by atoms with Crippen molar-refractivity contribution in [2.45, 2.75) is 39.7 Å². The molecule has 1 nitrogen and oxygen atoms in total. The Balaban J connectivity index is 2.58. The predicted molar refractivity (Wildman–Crippen MR) is 65.1 cm³/mol. The Morgan fingerprint density at radius 3 is 2.57 bits per heavy atom. The van der Waals surface area contributed by atoms with Gasteiger partial charge in [-0.05, 0) is 37.3 Å². The molecule has 0 fully saturated rings. The SMILES string of the molecule is CC(N)CC(C)(C)Cc1ccc(Cl)s1. The lowest BCUT2D eigenvalue weighted by Crippen LogP contribution is -2.26. The maximum Gasteiger partial charge on any atom is 0.0931 e. The van der Waals surface area contributed by atoms with Gasteiger partial charge < -0.3 is 5.73 Å². The minimum Gasteiger partial charge on any atom is -0.328 e. The number of thiophene rings is 1. The molecule has 0 aliphatic carbocycles. The molecule has 1 rings (SSSR count). The van der Waals surface area contributed by atoms with Crippen LogP contribution in [0.1, 0.15) is 32.1 Å². The number of nitrogens with two attached hydrogens (primary N) is 1. The van der Waals surface area contributed by atoms with E-state index in [-0.39, 0.29) is 11.5 Å². The maximum absolute atomic E-state index is 5.89. The van der Waals surface area contributed by atoms with Gasteiger partial charge in [-0.2, -0.15) is 0 Å². The summed E-state index contributed by atoms with van der Waals surface area (Å²) in [6.07, 6.45) is 2.11. The normalized spacial score (nSPS) is 14.4. The average Bonchev–Trinajstić information content (AvgIpc) is 2.30. The van der Waals surface area contributed by atoms with E-state index in [4.69, 9.17) is 17.3 Å². The Morgan fingerprint density at radius 1 is 1.50 bits per heavy atom. The quantitative estimate of drug-likeness (QED) is 0.840. The van der Waals surface area contributed by atoms with Crippen molar-refractivity contribution in [1.29, 1.82) is 0 Å². The van der Waals surface area contributed by atoms with Crippen LogP contribution in [0.2, 0.25) is 4.34 Å². The van der Waals surface area contributed by atoms with E-state index in [0.29, 0.717) is 0 Å². The number of hydrogen-bond acceptors (Lipinski definition) is 2. The van der Waals surface area contributed by atoms with Gasteiger partial charge in [0.05, 0.1) is 4.34 Å². The molecule has 1 aromatic rings. The second-order valence-corrected chi connectivity index (χ2v) is 6.53. The number of halogens is 1. The molecule has 80 valence electrons. The van der Waals surface area contributed by atoms with Crippen LogP contribution in [0.25, 0.3) is 0 Å². The highest BCUT2D eigenvalue weighted by atomic mass is 35.5. The molecule has 0 saturated heterocycles. The molecule has 0 saturated carbocycles. The van der Waals surface area contributed by atoms with Gasteiger partial charge in [0.15, 0.2) is 0 Å². The van der Waals surface area contributed by atoms with Crippen molar-refractivity contribution < 1.29 is 0 Å². The van der Waals surface area contributed by atoms with E-state index in [0.717, 1.165) is 17.2 Å². The molecule has 0 bridgehead atoms. The molecule has 0 aromatic carbocycles. The van der Waals surface area contributed by atoms with Crippen LogP contribution >= 0.6 is 22.9 Å². The summed E-state index contributed by atoms with van der Waals surface area (Å²) in [6, 6.07) is 4.33. The van der Waals surface area contributed by atoms with Crippen molar-refractivity contribution in [2.75, 3.05) is 0 Å². The molecule has 1 heterocycles. The lowest BCUT2D eigenvalue weighted by atomic mass is 9.83. The van der Waals surface area contributed by atoms with Crippen LogP contribution in [-0.4, -0.2) is 6.04 Å². The van der Waals surface area contributed by atoms with Crippen LogP contribution in [0.4, 0.5) is 0 Å². The van der Waals surface area contributed by atoms with Gasteiger partial charge in [0.1, 0.15) is 0 Å². The van der Waals surface area contributed by atoms with E-state index < -0.39 is 0 Å². The molecule has 0 aliphatic heterocycles. The first kappa shape index (κ1) is 12.0. The van der Waals surface area contributed by atoms with Crippen molar-refractivity contribution >= 4 is 22.9 Å². The molecule has 14 heavy (non-hydrogen) atoms. The summed E-state index contributed by atoms with van der Waals surface area (Å²) in [6.45, 7) is 6.57. The maximum atomic E-state index is 5.89. The van der Waals surface area contributed by atoms with E-state index in [9.17, 15) is 0 Å². The third-order valence-electron chi connectivity index (χ3n) is 2.16. The van der Waals surface area contributed by atoms with E-state index in [2.05, 4.69) is 26.8 Å². The van der Waals surface area contributed by atoms with Gasteiger partial charge in [-0.25, -0.2) is 0 Å². The Bertz CT molecular complexity index is 291. The third-order valence-corrected chi connectivity index (χ3v) is 3.39. The van der Waals surface area contributed by atoms with Gasteiger partial charge in [0.2, 0.25) is 0 Å². The third kappa shape index (κ3) is 3.99. The molecule has 0 aliphatic rings. The fourth-order valence-electron chi connectivity index (χ4n) is 1.86. The fraction of sp³-hybridized carbons (Fsp3) is 0.636. The first-order valence-corrected chi connectivity index (χ1v) is 6.08. The molecule has 1 atom stereocenters. The molecular formula is C11H18ClNS. The van der Waals surface area contributed by atoms with Crippen molar-refractivity contribution in [3.05, 3.63) is 21.3 Å². The Labute approximate surface area is 95.3 Å². The topological polar surface area (TPSA) is 26.0 Å². The molecule has 1 unspecified atom stereocenters. The van der Waals surface area contributed by atoms with Crippen molar-refractivity contribution in [3.8, 4) is 0 Å². The van der Waals surface area contributed by atoms with Crippen LogP contribution in [0.3, 0.4) is 0 Å². The van der Waals surface area contributed by atoms with Crippen LogP contribution < -0.4 is 5.73 Å². The van der Waals surface area contributed by atoms with Crippen LogP contribution in [0.15, 0.2) is 12.1 Å². The number of rotatable bonds is 4. The second-order valence-electron chi connectivity index (χ2n) is 4.73. The summed E-state index contributed by atoms with van der Waals surface area (Å²) in [5, 5.41) is 0. The Kier molecular flexibility index (Phi) is 3.99. The predicted octanol–water partition coefficient (Wildman–Crippen LogP) is 3.71. The largest absolute Gasteiger partial charge is 0.328 e. The molecule has 0 amide bonds. The highest BCUT2D eigenvalue weighted by molar-refractivity contribution is 7.16. The zero-order valence-electron chi connectivity index (χ0n) is 9.01. The van der Waals surface area contributed by atoms with Gasteiger partial charge in [-0.1, -0.05) is 25.4 Å². The summed E-state index contributed by atoms with van der Waals surface area (Å²) in [7, 11) is 0. The first-order valence-electron chi connectivity index (χ1n) is 4.89. The second kappa shape index (κ2) is 4.65. The minimum atomic E-state index is 0.264. The van der Waals surface area contributed by atoms with Gasteiger partial charge in [-0.3, -0.25) is 0 Å². The van der Waals surface area contributed by atoms with Crippen molar-refractivity contribution in [3.63, 3.8) is 0 Å². The lowest BCUT2D eigenvalue weighted by molar-refractivity contribution is 0.311. The van der Waals surface area contributed by atoms with Crippen LogP contribution in [0, 0.1) is 5.41 Å². The van der Waals surface area contributed by atoms with Gasteiger partial charge in [-0.15, -0.1) is 11.3 Å². The Hall–Kier alpha value is -0.0500. The Morgan fingerprint density at radius 2 is 2.14 bits per heavy atom. The average molecular weight is 232 g/mol. The van der Waals surface area contributed by atoms with Crippen LogP contribution in [0.5, 0.6) is 0 Å². The van der Waals surface area contributed by atoms with E-state index in [1.54, 1.807) is 11.3 Å². The fourth-order valence-corrected chi connectivity index (χ4v) is 3.21. The van der Waals surface area contributed by atoms with E-state index in [1.807, 2.05) is 6.07 Å². The zero-order chi connectivity index (χ0) is 10.8. The monoisotopic (exact) mass is 231 g/mol. The summed E-state index contributed by atoms with van der Waals surface area (Å²) in [5.74, 6) is 0. The van der Waals surface area contributed by atoms with Gasteiger partial charge in [0, 0.05) is 10.9 Å². The van der Waals surface area contributed by atoms with Crippen LogP contribution in [-0.2, 0) is 6.42 Å². The summed E-state index contributed by atoms with van der Waals surface area (Å²) in [4.78, 5) is 1.35. The van der Waals surface area contributed by atoms with Crippen molar-refractivity contribution in [2.24, 2.45) is 11.1 Å². The van der Waals surface area contributed by atoms with Gasteiger partial charge in [0.25, 0.3) is 0 Å². The molecular weight excluding hydrogens is 214 g/mol. The summed E-state index contributed by atoms with van der Waals surface area (Å²) in [5.41, 5.74) is 6.08. The molecule has 0 radical (unpaired) electrons. The van der Waals surface area contributed by atoms with Crippen molar-refractivity contribution in [1.82, 2.24) is 0 Å². The number of hydrogen-bond donors (Lipinski definition) is 1. The highest BCUT2D eigenvalue weighted by Crippen LogP contribution is 2.31. The van der Waals surface area contributed by atoms with E-state index >= 15 is 0 Å². The zero-order valence-corrected chi connectivity index (χ0v) is 10.6. The molecule has 0 spiro atoms. The first-order chi connectivity index (χ1) is 6.39. The lowest BCUT2D eigenvalue weighted by Gasteiger charge is -2.25. The summed E-state index contributed by atoms with van der Waals surface area (Å²) >= 11 is 7.56. The summed E-state index contributed by atoms with van der Waals surface area (Å²) < 4.78 is 0.872. The smallest absolute Gasteiger partial charge is 0.0931 e. The molecule has 3 heteroatoms. The minimum absolute atomic E-state index is 0.264. The standard InChI is InChI=1S/C11H18ClNS/c1-8(13)6-11(2,3)7-9-4-5-10(12)14-9/h4-5,8H,6-7,13H2,1-3H3. The van der Waals surface area contributed by atoms with Gasteiger partial charge >= 0.3 is 0 Å². The molecule has 2 N–H and O–H groups in total. The van der Waals surface area contributed by atoms with E-state index in [1.165, 1.54) is 4.88 Å².